The van der Waals surface area contributed by atoms with Crippen molar-refractivity contribution in [3.8, 4) is 11.4 Å². The molecule has 3 heterocycles. The molecule has 4 rings (SSSR count). The van der Waals surface area contributed by atoms with Gasteiger partial charge in [0, 0.05) is 11.2 Å². The van der Waals surface area contributed by atoms with Gasteiger partial charge in [0.05, 0.1) is 25.6 Å². The van der Waals surface area contributed by atoms with Crippen molar-refractivity contribution in [2.75, 3.05) is 13.7 Å². The Bertz CT molecular complexity index is 1280. The maximum atomic E-state index is 13.0. The van der Waals surface area contributed by atoms with E-state index in [-0.39, 0.29) is 23.3 Å². The molecule has 0 N–H and O–H groups in total. The molecule has 0 unspecified atom stereocenters. The molecule has 1 aromatic carbocycles. The average Bonchev–Trinajstić information content (AvgIpc) is 3.13. The summed E-state index contributed by atoms with van der Waals surface area (Å²) in [6.07, 6.45) is 2.90. The van der Waals surface area contributed by atoms with Gasteiger partial charge in [0.25, 0.3) is 5.56 Å². The number of ether oxygens (including phenoxy) is 2. The topological polar surface area (TPSA) is 101 Å². The lowest BCUT2D eigenvalue weighted by Crippen LogP contribution is -2.21. The summed E-state index contributed by atoms with van der Waals surface area (Å²) in [4.78, 5) is 25.1. The number of carbonyl (C=O) groups is 1. The second kappa shape index (κ2) is 6.93. The number of aromatic nitrogens is 5. The molecule has 0 spiro atoms. The minimum atomic E-state index is -0.553. The monoisotopic (exact) mass is 399 g/mol. The number of benzene rings is 1. The van der Waals surface area contributed by atoms with Crippen molar-refractivity contribution in [2.24, 2.45) is 0 Å². The third kappa shape index (κ3) is 2.76. The molecule has 0 aliphatic carbocycles. The van der Waals surface area contributed by atoms with Gasteiger partial charge in [0.15, 0.2) is 11.2 Å². The van der Waals surface area contributed by atoms with Crippen LogP contribution in [0.5, 0.6) is 5.75 Å². The highest BCUT2D eigenvalue weighted by molar-refractivity contribution is 6.30. The Morgan fingerprint density at radius 2 is 2.07 bits per heavy atom. The van der Waals surface area contributed by atoms with Gasteiger partial charge in [-0.15, -0.1) is 10.2 Å². The Balaban J connectivity index is 1.94. The van der Waals surface area contributed by atoms with E-state index < -0.39 is 11.5 Å². The highest BCUT2D eigenvalue weighted by atomic mass is 35.5. The summed E-state index contributed by atoms with van der Waals surface area (Å²) < 4.78 is 13.1. The van der Waals surface area contributed by atoms with Crippen molar-refractivity contribution >= 4 is 34.3 Å². The van der Waals surface area contributed by atoms with Crippen LogP contribution in [-0.4, -0.2) is 44.1 Å². The fourth-order valence-electron chi connectivity index (χ4n) is 2.89. The first-order valence-corrected chi connectivity index (χ1v) is 8.69. The molecule has 0 bridgehead atoms. The lowest BCUT2D eigenvalue weighted by molar-refractivity contribution is 0.0528. The number of hydrogen-bond donors (Lipinski definition) is 0. The molecule has 0 fully saturated rings. The third-order valence-electron chi connectivity index (χ3n) is 4.16. The molecule has 0 atom stereocenters. The van der Waals surface area contributed by atoms with E-state index in [2.05, 4.69) is 15.3 Å². The molecule has 10 heteroatoms. The van der Waals surface area contributed by atoms with Gasteiger partial charge >= 0.3 is 5.97 Å². The van der Waals surface area contributed by atoms with E-state index in [1.165, 1.54) is 22.4 Å². The first-order chi connectivity index (χ1) is 13.5. The van der Waals surface area contributed by atoms with Crippen LogP contribution in [0.3, 0.4) is 0 Å². The van der Waals surface area contributed by atoms with E-state index in [4.69, 9.17) is 21.1 Å². The number of esters is 1. The number of methoxy groups -OCH3 is 1. The summed E-state index contributed by atoms with van der Waals surface area (Å²) in [5.41, 5.74) is 0.913. The van der Waals surface area contributed by atoms with Crippen LogP contribution in [0.1, 0.15) is 17.3 Å². The summed E-state index contributed by atoms with van der Waals surface area (Å²) in [6, 6.07) is 6.61. The molecule has 142 valence electrons. The van der Waals surface area contributed by atoms with Gasteiger partial charge in [0.2, 0.25) is 0 Å². The third-order valence-corrected chi connectivity index (χ3v) is 4.39. The fraction of sp³-hybridized carbons (Fsp3) is 0.167. The zero-order valence-corrected chi connectivity index (χ0v) is 15.7. The van der Waals surface area contributed by atoms with Crippen molar-refractivity contribution in [1.29, 1.82) is 0 Å². The Hall–Kier alpha value is -3.46. The van der Waals surface area contributed by atoms with Crippen LogP contribution in [0.4, 0.5) is 0 Å². The van der Waals surface area contributed by atoms with Gasteiger partial charge < -0.3 is 9.47 Å². The summed E-state index contributed by atoms with van der Waals surface area (Å²) in [5.74, 6) is -0.0771. The minimum absolute atomic E-state index is 0.0792. The Morgan fingerprint density at radius 1 is 1.25 bits per heavy atom. The van der Waals surface area contributed by atoms with Gasteiger partial charge in [-0.1, -0.05) is 11.6 Å². The van der Waals surface area contributed by atoms with E-state index in [9.17, 15) is 9.59 Å². The van der Waals surface area contributed by atoms with E-state index in [0.717, 1.165) is 0 Å². The van der Waals surface area contributed by atoms with Gasteiger partial charge in [-0.3, -0.25) is 9.36 Å². The van der Waals surface area contributed by atoms with Crippen LogP contribution in [0.15, 0.2) is 41.5 Å². The molecule has 0 aliphatic rings. The van der Waals surface area contributed by atoms with Crippen LogP contribution >= 0.6 is 11.6 Å². The van der Waals surface area contributed by atoms with Crippen LogP contribution in [0.2, 0.25) is 5.02 Å². The largest absolute Gasteiger partial charge is 0.495 e. The van der Waals surface area contributed by atoms with E-state index in [1.54, 1.807) is 37.4 Å². The van der Waals surface area contributed by atoms with E-state index >= 15 is 0 Å². The normalized spacial score (nSPS) is 11.1. The molecule has 4 aromatic rings. The highest BCUT2D eigenvalue weighted by Gasteiger charge is 2.19. The van der Waals surface area contributed by atoms with Gasteiger partial charge in [-0.05, 0) is 31.2 Å². The fourth-order valence-corrected chi connectivity index (χ4v) is 3.05. The summed E-state index contributed by atoms with van der Waals surface area (Å²) in [5, 5.41) is 12.6. The standard InChI is InChI=1S/C18H14ClN5O4/c1-3-28-18(26)11-9-20-24-12-6-7-23(17(25)15(12)21-22-16(11)24)13-8-10(19)4-5-14(13)27-2/h4-9H,3H2,1-2H3. The predicted octanol–water partition coefficient (Wildman–Crippen LogP) is 2.27. The second-order valence-corrected chi connectivity index (χ2v) is 6.19. The number of halogens is 1. The second-order valence-electron chi connectivity index (χ2n) is 5.76. The molecule has 0 saturated carbocycles. The van der Waals surface area contributed by atoms with Gasteiger partial charge in [-0.2, -0.15) is 5.10 Å². The zero-order chi connectivity index (χ0) is 19.8. The Morgan fingerprint density at radius 3 is 2.82 bits per heavy atom. The van der Waals surface area contributed by atoms with Crippen LogP contribution in [-0.2, 0) is 4.74 Å². The number of nitrogens with zero attached hydrogens (tertiary/aromatic N) is 5. The maximum absolute atomic E-state index is 13.0. The SMILES string of the molecule is CCOC(=O)c1cnn2c1nnc1c(=O)n(-c3cc(Cl)ccc3OC)ccc12. The van der Waals surface area contributed by atoms with Crippen LogP contribution < -0.4 is 10.3 Å². The molecule has 3 aromatic heterocycles. The quantitative estimate of drug-likeness (QED) is 0.485. The van der Waals surface area contributed by atoms with Crippen molar-refractivity contribution in [1.82, 2.24) is 24.4 Å². The van der Waals surface area contributed by atoms with Crippen molar-refractivity contribution < 1.29 is 14.3 Å². The number of pyridine rings is 1. The molecule has 0 aliphatic heterocycles. The number of rotatable bonds is 4. The predicted molar refractivity (Wildman–Crippen MR) is 101 cm³/mol. The van der Waals surface area contributed by atoms with Crippen LogP contribution in [0, 0.1) is 0 Å². The number of fused-ring (bicyclic) bond motifs is 3. The molecule has 9 nitrogen and oxygen atoms in total. The lowest BCUT2D eigenvalue weighted by Gasteiger charge is -2.12. The summed E-state index contributed by atoms with van der Waals surface area (Å²) in [7, 11) is 1.50. The first kappa shape index (κ1) is 17.9. The van der Waals surface area contributed by atoms with Gasteiger partial charge in [-0.25, -0.2) is 9.31 Å². The molecule has 28 heavy (non-hydrogen) atoms. The molecule has 0 amide bonds. The molecule has 0 saturated heterocycles. The minimum Gasteiger partial charge on any atom is -0.495 e. The lowest BCUT2D eigenvalue weighted by atomic mass is 10.2. The molecular weight excluding hydrogens is 386 g/mol. The molecule has 0 radical (unpaired) electrons. The van der Waals surface area contributed by atoms with Crippen LogP contribution in [0.25, 0.3) is 22.4 Å². The highest BCUT2D eigenvalue weighted by Crippen LogP contribution is 2.26. The average molecular weight is 400 g/mol. The zero-order valence-electron chi connectivity index (χ0n) is 14.9. The van der Waals surface area contributed by atoms with Crippen molar-refractivity contribution in [3.05, 3.63) is 57.6 Å². The van der Waals surface area contributed by atoms with Crippen molar-refractivity contribution in [3.63, 3.8) is 0 Å². The number of carbonyl (C=O) groups excluding carboxylic acids is 1. The van der Waals surface area contributed by atoms with E-state index in [0.29, 0.717) is 22.0 Å². The summed E-state index contributed by atoms with van der Waals surface area (Å²) in [6.45, 7) is 1.93. The molecular formula is C18H14ClN5O4. The van der Waals surface area contributed by atoms with Crippen molar-refractivity contribution in [2.45, 2.75) is 6.92 Å². The number of hydrogen-bond acceptors (Lipinski definition) is 7. The maximum Gasteiger partial charge on any atom is 0.343 e. The van der Waals surface area contributed by atoms with Gasteiger partial charge in [0.1, 0.15) is 16.8 Å². The smallest absolute Gasteiger partial charge is 0.343 e. The Kier molecular flexibility index (Phi) is 4.44. The Labute approximate surface area is 163 Å². The van der Waals surface area contributed by atoms with E-state index in [1.807, 2.05) is 0 Å². The summed E-state index contributed by atoms with van der Waals surface area (Å²) >= 11 is 6.07. The first-order valence-electron chi connectivity index (χ1n) is 8.32.